The number of aryl methyl sites for hydroxylation is 2. The highest BCUT2D eigenvalue weighted by Crippen LogP contribution is 2.16. The van der Waals surface area contributed by atoms with Gasteiger partial charge in [0.2, 0.25) is 5.95 Å². The molecule has 19 heavy (non-hydrogen) atoms. The van der Waals surface area contributed by atoms with Crippen molar-refractivity contribution in [2.75, 3.05) is 5.32 Å². The van der Waals surface area contributed by atoms with Crippen LogP contribution in [0, 0.1) is 0 Å². The molecule has 1 heterocycles. The number of imidazole rings is 1. The number of unbranched alkanes of at least 4 members (excludes halogenated alkanes) is 1. The first-order chi connectivity index (χ1) is 9.33. The Morgan fingerprint density at radius 1 is 1.11 bits per heavy atom. The van der Waals surface area contributed by atoms with Crippen molar-refractivity contribution in [2.45, 2.75) is 46.1 Å². The Bertz CT molecular complexity index is 485. The molecule has 0 radical (unpaired) electrons. The molecule has 0 fully saturated rings. The van der Waals surface area contributed by atoms with E-state index in [1.807, 2.05) is 12.4 Å². The van der Waals surface area contributed by atoms with Crippen molar-refractivity contribution in [1.29, 1.82) is 0 Å². The molecule has 0 aliphatic heterocycles. The lowest BCUT2D eigenvalue weighted by molar-refractivity contribution is 0.638. The molecule has 0 spiro atoms. The first-order valence-corrected chi connectivity index (χ1v) is 7.20. The Hall–Kier alpha value is -1.77. The molecular weight excluding hydrogens is 234 g/mol. The van der Waals surface area contributed by atoms with E-state index in [9.17, 15) is 0 Å². The minimum atomic E-state index is 0.927. The maximum atomic E-state index is 4.37. The minimum absolute atomic E-state index is 0.927. The monoisotopic (exact) mass is 257 g/mol. The van der Waals surface area contributed by atoms with Crippen molar-refractivity contribution in [3.8, 4) is 0 Å². The zero-order valence-corrected chi connectivity index (χ0v) is 11.9. The van der Waals surface area contributed by atoms with Crippen LogP contribution in [0.5, 0.6) is 0 Å². The average molecular weight is 257 g/mol. The molecule has 2 rings (SSSR count). The molecule has 0 aliphatic carbocycles. The van der Waals surface area contributed by atoms with Gasteiger partial charge in [-0.3, -0.25) is 0 Å². The van der Waals surface area contributed by atoms with Crippen LogP contribution in [0.1, 0.15) is 38.7 Å². The number of rotatable bonds is 7. The molecule has 0 unspecified atom stereocenters. The summed E-state index contributed by atoms with van der Waals surface area (Å²) in [6.07, 6.45) is 8.59. The van der Waals surface area contributed by atoms with Crippen LogP contribution in [0.25, 0.3) is 0 Å². The molecule has 0 saturated carbocycles. The van der Waals surface area contributed by atoms with Gasteiger partial charge in [-0.15, -0.1) is 0 Å². The summed E-state index contributed by atoms with van der Waals surface area (Å²) < 4.78 is 2.17. The van der Waals surface area contributed by atoms with Gasteiger partial charge in [0.15, 0.2) is 0 Å². The van der Waals surface area contributed by atoms with E-state index in [-0.39, 0.29) is 0 Å². The Morgan fingerprint density at radius 2 is 1.89 bits per heavy atom. The number of nitrogens with zero attached hydrogens (tertiary/aromatic N) is 2. The fourth-order valence-electron chi connectivity index (χ4n) is 2.11. The highest BCUT2D eigenvalue weighted by atomic mass is 15.2. The Kier molecular flexibility index (Phi) is 5.01. The Labute approximate surface area is 115 Å². The van der Waals surface area contributed by atoms with Gasteiger partial charge >= 0.3 is 0 Å². The molecule has 3 heteroatoms. The van der Waals surface area contributed by atoms with Crippen LogP contribution in [-0.4, -0.2) is 9.55 Å². The van der Waals surface area contributed by atoms with Crippen molar-refractivity contribution >= 4 is 11.6 Å². The zero-order valence-electron chi connectivity index (χ0n) is 11.9. The van der Waals surface area contributed by atoms with Gasteiger partial charge in [0, 0.05) is 24.6 Å². The van der Waals surface area contributed by atoms with Crippen LogP contribution in [-0.2, 0) is 13.0 Å². The quantitative estimate of drug-likeness (QED) is 0.797. The summed E-state index contributed by atoms with van der Waals surface area (Å²) in [6, 6.07) is 8.63. The van der Waals surface area contributed by atoms with Crippen molar-refractivity contribution in [1.82, 2.24) is 9.55 Å². The third-order valence-electron chi connectivity index (χ3n) is 3.22. The van der Waals surface area contributed by atoms with E-state index in [2.05, 4.69) is 53.0 Å². The maximum Gasteiger partial charge on any atom is 0.207 e. The van der Waals surface area contributed by atoms with E-state index in [4.69, 9.17) is 0 Å². The van der Waals surface area contributed by atoms with Gasteiger partial charge in [-0.25, -0.2) is 4.98 Å². The van der Waals surface area contributed by atoms with Crippen molar-refractivity contribution in [3.05, 3.63) is 42.2 Å². The largest absolute Gasteiger partial charge is 0.326 e. The van der Waals surface area contributed by atoms with E-state index in [0.717, 1.165) is 24.6 Å². The summed E-state index contributed by atoms with van der Waals surface area (Å²) >= 11 is 0. The second kappa shape index (κ2) is 6.98. The predicted octanol–water partition coefficient (Wildman–Crippen LogP) is 4.38. The van der Waals surface area contributed by atoms with E-state index in [1.54, 1.807) is 0 Å². The molecule has 3 nitrogen and oxygen atoms in total. The number of nitrogens with one attached hydrogen (secondary N) is 1. The predicted molar refractivity (Wildman–Crippen MR) is 80.9 cm³/mol. The van der Waals surface area contributed by atoms with E-state index < -0.39 is 0 Å². The van der Waals surface area contributed by atoms with Gasteiger partial charge in [-0.05, 0) is 30.5 Å². The van der Waals surface area contributed by atoms with Crippen LogP contribution in [0.2, 0.25) is 0 Å². The smallest absolute Gasteiger partial charge is 0.207 e. The topological polar surface area (TPSA) is 29.9 Å². The van der Waals surface area contributed by atoms with Crippen molar-refractivity contribution < 1.29 is 0 Å². The van der Waals surface area contributed by atoms with Gasteiger partial charge < -0.3 is 9.88 Å². The molecule has 0 bridgehead atoms. The summed E-state index contributed by atoms with van der Waals surface area (Å²) in [6.45, 7) is 5.43. The molecule has 0 atom stereocenters. The van der Waals surface area contributed by atoms with Gasteiger partial charge in [0.1, 0.15) is 0 Å². The lowest BCUT2D eigenvalue weighted by atomic mass is 10.1. The third kappa shape index (κ3) is 3.85. The van der Waals surface area contributed by atoms with Crippen molar-refractivity contribution in [2.24, 2.45) is 0 Å². The number of benzene rings is 1. The lowest BCUT2D eigenvalue weighted by Crippen LogP contribution is -2.03. The maximum absolute atomic E-state index is 4.37. The second-order valence-electron chi connectivity index (χ2n) is 4.87. The number of aromatic nitrogens is 2. The van der Waals surface area contributed by atoms with Gasteiger partial charge in [-0.2, -0.15) is 0 Å². The second-order valence-corrected chi connectivity index (χ2v) is 4.87. The van der Waals surface area contributed by atoms with Crippen LogP contribution in [0.3, 0.4) is 0 Å². The molecule has 1 N–H and O–H groups in total. The Balaban J connectivity index is 2.02. The van der Waals surface area contributed by atoms with Gasteiger partial charge in [0.25, 0.3) is 0 Å². The van der Waals surface area contributed by atoms with Crippen LogP contribution >= 0.6 is 0 Å². The van der Waals surface area contributed by atoms with Gasteiger partial charge in [-0.1, -0.05) is 38.8 Å². The fourth-order valence-corrected chi connectivity index (χ4v) is 2.11. The number of hydrogen-bond acceptors (Lipinski definition) is 2. The van der Waals surface area contributed by atoms with Crippen LogP contribution in [0.4, 0.5) is 11.6 Å². The number of anilines is 2. The van der Waals surface area contributed by atoms with E-state index in [0.29, 0.717) is 0 Å². The fraction of sp³-hybridized carbons (Fsp3) is 0.438. The molecule has 0 amide bonds. The SMILES string of the molecule is CCCCn1ccnc1Nc1ccc(CCC)cc1. The molecular formula is C16H23N3. The minimum Gasteiger partial charge on any atom is -0.326 e. The molecule has 102 valence electrons. The average Bonchev–Trinajstić information content (AvgIpc) is 2.86. The summed E-state index contributed by atoms with van der Waals surface area (Å²) in [5, 5.41) is 3.38. The zero-order chi connectivity index (χ0) is 13.5. The summed E-state index contributed by atoms with van der Waals surface area (Å²) in [4.78, 5) is 4.37. The van der Waals surface area contributed by atoms with Gasteiger partial charge in [0.05, 0.1) is 0 Å². The summed E-state index contributed by atoms with van der Waals surface area (Å²) in [5.41, 5.74) is 2.49. The normalized spacial score (nSPS) is 10.6. The highest BCUT2D eigenvalue weighted by Gasteiger charge is 2.02. The number of hydrogen-bond donors (Lipinski definition) is 1. The molecule has 1 aromatic carbocycles. The van der Waals surface area contributed by atoms with Crippen LogP contribution in [0.15, 0.2) is 36.7 Å². The van der Waals surface area contributed by atoms with E-state index >= 15 is 0 Å². The summed E-state index contributed by atoms with van der Waals surface area (Å²) in [5.74, 6) is 0.927. The van der Waals surface area contributed by atoms with E-state index in [1.165, 1.54) is 24.8 Å². The first-order valence-electron chi connectivity index (χ1n) is 7.20. The van der Waals surface area contributed by atoms with Crippen LogP contribution < -0.4 is 5.32 Å². The lowest BCUT2D eigenvalue weighted by Gasteiger charge is -2.09. The third-order valence-corrected chi connectivity index (χ3v) is 3.22. The molecule has 0 aliphatic rings. The highest BCUT2D eigenvalue weighted by molar-refractivity contribution is 5.54. The first kappa shape index (κ1) is 13.7. The summed E-state index contributed by atoms with van der Waals surface area (Å²) in [7, 11) is 0. The molecule has 2 aromatic rings. The standard InChI is InChI=1S/C16H23N3/c1-3-5-12-19-13-11-17-16(19)18-15-9-7-14(6-4-2)8-10-15/h7-11,13H,3-6,12H2,1-2H3,(H,17,18). The molecule has 1 aromatic heterocycles. The van der Waals surface area contributed by atoms with Crippen molar-refractivity contribution in [3.63, 3.8) is 0 Å². The Morgan fingerprint density at radius 3 is 2.58 bits per heavy atom. The molecule has 0 saturated heterocycles.